The van der Waals surface area contributed by atoms with Crippen LogP contribution in [0.2, 0.25) is 0 Å². The number of hydrogen-bond donors (Lipinski definition) is 1. The van der Waals surface area contributed by atoms with Gasteiger partial charge in [0.2, 0.25) is 0 Å². The van der Waals surface area contributed by atoms with Crippen LogP contribution in [0.1, 0.15) is 63.1 Å². The second kappa shape index (κ2) is 7.70. The van der Waals surface area contributed by atoms with Crippen molar-refractivity contribution in [2.75, 3.05) is 0 Å². The highest BCUT2D eigenvalue weighted by atomic mass is 16.1. The molecule has 0 unspecified atom stereocenters. The molecule has 0 spiro atoms. The van der Waals surface area contributed by atoms with Crippen LogP contribution < -0.4 is 5.69 Å². The smallest absolute Gasteiger partial charge is 0.329 e. The predicted molar refractivity (Wildman–Crippen MR) is 140 cm³/mol. The third-order valence-electron chi connectivity index (χ3n) is 8.21. The first-order valence-corrected chi connectivity index (χ1v) is 12.8. The van der Waals surface area contributed by atoms with E-state index >= 15 is 0 Å². The number of aromatic nitrogens is 6. The van der Waals surface area contributed by atoms with Gasteiger partial charge in [-0.3, -0.25) is 13.8 Å². The van der Waals surface area contributed by atoms with Crippen LogP contribution in [0.25, 0.3) is 49.7 Å². The molecule has 35 heavy (non-hydrogen) atoms. The monoisotopic (exact) mass is 466 g/mol. The number of aromatic amines is 1. The Bertz CT molecular complexity index is 1700. The van der Waals surface area contributed by atoms with Gasteiger partial charge in [0.1, 0.15) is 5.65 Å². The Balaban J connectivity index is 1.62. The van der Waals surface area contributed by atoms with Crippen molar-refractivity contribution in [2.45, 2.75) is 57.4 Å². The lowest BCUT2D eigenvalue weighted by molar-refractivity contribution is 0.510. The molecule has 7 heteroatoms. The van der Waals surface area contributed by atoms with E-state index in [2.05, 4.69) is 38.9 Å². The van der Waals surface area contributed by atoms with Gasteiger partial charge in [0.05, 0.1) is 40.0 Å². The molecular weight excluding hydrogens is 436 g/mol. The van der Waals surface area contributed by atoms with E-state index in [9.17, 15) is 4.79 Å². The van der Waals surface area contributed by atoms with Crippen molar-refractivity contribution in [2.24, 2.45) is 14.1 Å². The predicted octanol–water partition coefficient (Wildman–Crippen LogP) is 5.84. The van der Waals surface area contributed by atoms with Gasteiger partial charge in [-0.05, 0) is 61.8 Å². The number of hydrogen-bond acceptors (Lipinski definition) is 3. The maximum absolute atomic E-state index is 13.5. The van der Waals surface area contributed by atoms with Crippen LogP contribution in [-0.2, 0) is 14.1 Å². The van der Waals surface area contributed by atoms with Gasteiger partial charge in [0, 0.05) is 31.1 Å². The zero-order valence-corrected chi connectivity index (χ0v) is 20.3. The second-order valence-electron chi connectivity index (χ2n) is 10.3. The van der Waals surface area contributed by atoms with Crippen LogP contribution >= 0.6 is 0 Å². The maximum Gasteiger partial charge on any atom is 0.329 e. The molecule has 0 aliphatic heterocycles. The van der Waals surface area contributed by atoms with Crippen molar-refractivity contribution in [3.05, 3.63) is 52.8 Å². The average molecular weight is 467 g/mol. The summed E-state index contributed by atoms with van der Waals surface area (Å²) in [6.45, 7) is 0. The quantitative estimate of drug-likeness (QED) is 0.363. The Hall–Kier alpha value is -3.61. The Morgan fingerprint density at radius 2 is 1.89 bits per heavy atom. The van der Waals surface area contributed by atoms with Gasteiger partial charge in [-0.15, -0.1) is 0 Å². The minimum Gasteiger partial charge on any atom is -0.339 e. The number of benzene rings is 1. The molecule has 0 saturated heterocycles. The van der Waals surface area contributed by atoms with Gasteiger partial charge in [-0.2, -0.15) is 5.10 Å². The van der Waals surface area contributed by atoms with Crippen LogP contribution in [0.5, 0.6) is 0 Å². The fraction of sp³-hybridized carbons (Fsp3) is 0.393. The molecule has 2 aliphatic rings. The molecule has 0 atom stereocenters. The minimum atomic E-state index is 0.0643. The third kappa shape index (κ3) is 3.00. The molecule has 4 heterocycles. The summed E-state index contributed by atoms with van der Waals surface area (Å²) < 4.78 is 5.76. The van der Waals surface area contributed by atoms with Crippen molar-refractivity contribution in [1.29, 1.82) is 0 Å². The van der Waals surface area contributed by atoms with Gasteiger partial charge < -0.3 is 4.98 Å². The van der Waals surface area contributed by atoms with Crippen molar-refractivity contribution in [1.82, 2.24) is 28.9 Å². The number of H-pyrrole nitrogens is 1. The zero-order valence-electron chi connectivity index (χ0n) is 20.3. The third-order valence-corrected chi connectivity index (χ3v) is 8.21. The second-order valence-corrected chi connectivity index (χ2v) is 10.3. The topological polar surface area (TPSA) is 73.4 Å². The average Bonchev–Trinajstić information content (AvgIpc) is 3.66. The van der Waals surface area contributed by atoms with Crippen LogP contribution in [0.4, 0.5) is 0 Å². The summed E-state index contributed by atoms with van der Waals surface area (Å²) in [5, 5.41) is 6.64. The number of allylic oxidation sites excluding steroid dienone is 2. The summed E-state index contributed by atoms with van der Waals surface area (Å²) in [6.07, 6.45) is 15.2. The van der Waals surface area contributed by atoms with Crippen LogP contribution in [0.15, 0.2) is 41.5 Å². The minimum absolute atomic E-state index is 0.0643. The number of nitrogens with zero attached hydrogens (tertiary/aromatic N) is 5. The summed E-state index contributed by atoms with van der Waals surface area (Å²) in [5.41, 5.74) is 8.77. The van der Waals surface area contributed by atoms with Gasteiger partial charge in [0.25, 0.3) is 0 Å². The molecule has 0 amide bonds. The first kappa shape index (κ1) is 20.7. The number of nitrogens with one attached hydrogen (secondary N) is 1. The Labute approximate surface area is 203 Å². The molecule has 1 saturated carbocycles. The molecule has 1 aromatic carbocycles. The van der Waals surface area contributed by atoms with Gasteiger partial charge in [0.15, 0.2) is 0 Å². The molecule has 4 aromatic heterocycles. The Morgan fingerprint density at radius 1 is 1.03 bits per heavy atom. The van der Waals surface area contributed by atoms with E-state index in [4.69, 9.17) is 4.98 Å². The van der Waals surface area contributed by atoms with Gasteiger partial charge >= 0.3 is 5.69 Å². The number of rotatable bonds is 3. The Kier molecular flexibility index (Phi) is 4.56. The number of pyridine rings is 1. The standard InChI is InChI=1S/C28H30N6O/c1-32-22-16-29-27-24(26(22)34(28(32)35)20-10-6-7-11-20)23(25(31-27)17-8-4-3-5-9-17)18-12-13-21-19(14-18)15-30-33(21)2/h8,12-16,20H,3-7,9-11H2,1-2H3,(H,29,31). The molecule has 7 rings (SSSR count). The molecule has 7 nitrogen and oxygen atoms in total. The first-order valence-electron chi connectivity index (χ1n) is 12.8. The van der Waals surface area contributed by atoms with Crippen molar-refractivity contribution < 1.29 is 0 Å². The lowest BCUT2D eigenvalue weighted by Gasteiger charge is -2.15. The van der Waals surface area contributed by atoms with Crippen molar-refractivity contribution in [3.63, 3.8) is 0 Å². The normalized spacial score (nSPS) is 17.3. The van der Waals surface area contributed by atoms with E-state index in [-0.39, 0.29) is 11.7 Å². The summed E-state index contributed by atoms with van der Waals surface area (Å²) in [4.78, 5) is 22.1. The number of imidazole rings is 1. The SMILES string of the molecule is Cn1ncc2cc(-c3c(C4=CCCCC4)[nH]c4ncc5c(c34)n(C3CCCC3)c(=O)n5C)ccc21. The van der Waals surface area contributed by atoms with Crippen molar-refractivity contribution >= 4 is 38.5 Å². The maximum atomic E-state index is 13.5. The fourth-order valence-corrected chi connectivity index (χ4v) is 6.39. The number of aryl methyl sites for hydroxylation is 2. The van der Waals surface area contributed by atoms with E-state index in [1.54, 1.807) is 4.57 Å². The van der Waals surface area contributed by atoms with E-state index < -0.39 is 0 Å². The van der Waals surface area contributed by atoms with Crippen LogP contribution in [0.3, 0.4) is 0 Å². The van der Waals surface area contributed by atoms with Crippen molar-refractivity contribution in [3.8, 4) is 11.1 Å². The molecule has 178 valence electrons. The van der Waals surface area contributed by atoms with E-state index in [1.807, 2.05) is 31.2 Å². The van der Waals surface area contributed by atoms with Crippen LogP contribution in [-0.4, -0.2) is 28.9 Å². The summed E-state index contributed by atoms with van der Waals surface area (Å²) in [7, 11) is 3.85. The van der Waals surface area contributed by atoms with E-state index in [0.717, 1.165) is 75.5 Å². The molecule has 1 fully saturated rings. The highest BCUT2D eigenvalue weighted by Gasteiger charge is 2.28. The molecule has 5 aromatic rings. The summed E-state index contributed by atoms with van der Waals surface area (Å²) >= 11 is 0. The van der Waals surface area contributed by atoms with Crippen LogP contribution in [0, 0.1) is 0 Å². The van der Waals surface area contributed by atoms with Gasteiger partial charge in [-0.1, -0.05) is 25.0 Å². The van der Waals surface area contributed by atoms with E-state index in [0.29, 0.717) is 0 Å². The largest absolute Gasteiger partial charge is 0.339 e. The summed E-state index contributed by atoms with van der Waals surface area (Å²) in [5.74, 6) is 0. The highest BCUT2D eigenvalue weighted by molar-refractivity contribution is 6.13. The lowest BCUT2D eigenvalue weighted by atomic mass is 9.91. The molecule has 2 aliphatic carbocycles. The lowest BCUT2D eigenvalue weighted by Crippen LogP contribution is -2.24. The fourth-order valence-electron chi connectivity index (χ4n) is 6.39. The zero-order chi connectivity index (χ0) is 23.7. The molecule has 1 N–H and O–H groups in total. The van der Waals surface area contributed by atoms with Gasteiger partial charge in [-0.25, -0.2) is 9.78 Å². The highest BCUT2D eigenvalue weighted by Crippen LogP contribution is 2.43. The first-order chi connectivity index (χ1) is 17.1. The Morgan fingerprint density at radius 3 is 2.69 bits per heavy atom. The number of fused-ring (bicyclic) bond motifs is 4. The summed E-state index contributed by atoms with van der Waals surface area (Å²) in [6, 6.07) is 6.83. The van der Waals surface area contributed by atoms with E-state index in [1.165, 1.54) is 31.3 Å². The molecule has 0 radical (unpaired) electrons. The molecule has 0 bridgehead atoms. The molecular formula is C28H30N6O.